The molecule has 0 radical (unpaired) electrons. The van der Waals surface area contributed by atoms with Crippen LogP contribution in [0.5, 0.6) is 0 Å². The largest absolute Gasteiger partial charge is 0.352 e. The fourth-order valence-corrected chi connectivity index (χ4v) is 5.50. The number of rotatable bonds is 10. The number of hydrogen-bond acceptors (Lipinski definition) is 4. The lowest BCUT2D eigenvalue weighted by atomic mass is 10.1. The van der Waals surface area contributed by atoms with Crippen molar-refractivity contribution < 1.29 is 22.4 Å². The summed E-state index contributed by atoms with van der Waals surface area (Å²) in [7, 11) is -4.21. The maximum Gasteiger partial charge on any atom is 0.264 e. The molecule has 3 aromatic carbocycles. The Balaban J connectivity index is 2.04. The smallest absolute Gasteiger partial charge is 0.264 e. The van der Waals surface area contributed by atoms with Crippen LogP contribution in [0.4, 0.5) is 10.1 Å². The standard InChI is InChI=1S/C28H31ClFN3O4S/c1-19(2)31-28(35)21(4)32(17-22-11-13-23(30)14-12-22)27(34)18-33(26-8-6-5-7-25(26)29)38(36,37)24-15-9-20(3)10-16-24/h5-16,19,21H,17-18H2,1-4H3,(H,31,35)/t21-/m0/s1. The number of nitrogens with zero attached hydrogens (tertiary/aromatic N) is 2. The number of carbonyl (C=O) groups excluding carboxylic acids is 2. The number of carbonyl (C=O) groups is 2. The predicted octanol–water partition coefficient (Wildman–Crippen LogP) is 4.92. The molecule has 0 aromatic heterocycles. The molecular formula is C28H31ClFN3O4S. The summed E-state index contributed by atoms with van der Waals surface area (Å²) in [6.07, 6.45) is 0. The van der Waals surface area contributed by atoms with Crippen LogP contribution in [0.25, 0.3) is 0 Å². The molecular weight excluding hydrogens is 529 g/mol. The van der Waals surface area contributed by atoms with Gasteiger partial charge in [-0.2, -0.15) is 0 Å². The predicted molar refractivity (Wildman–Crippen MR) is 147 cm³/mol. The molecule has 0 aliphatic heterocycles. The minimum Gasteiger partial charge on any atom is -0.352 e. The van der Waals surface area contributed by atoms with Gasteiger partial charge in [0, 0.05) is 12.6 Å². The average molecular weight is 560 g/mol. The van der Waals surface area contributed by atoms with Crippen LogP contribution in [0.2, 0.25) is 5.02 Å². The van der Waals surface area contributed by atoms with E-state index in [9.17, 15) is 22.4 Å². The summed E-state index contributed by atoms with van der Waals surface area (Å²) in [4.78, 5) is 28.0. The van der Waals surface area contributed by atoms with Crippen molar-refractivity contribution >= 4 is 39.1 Å². The van der Waals surface area contributed by atoms with Crippen molar-refractivity contribution in [3.05, 3.63) is 94.8 Å². The van der Waals surface area contributed by atoms with Gasteiger partial charge in [0.05, 0.1) is 15.6 Å². The van der Waals surface area contributed by atoms with Crippen molar-refractivity contribution in [3.63, 3.8) is 0 Å². The molecule has 10 heteroatoms. The van der Waals surface area contributed by atoms with Crippen molar-refractivity contribution in [3.8, 4) is 0 Å². The molecule has 0 fully saturated rings. The molecule has 0 aliphatic rings. The zero-order valence-electron chi connectivity index (χ0n) is 21.7. The summed E-state index contributed by atoms with van der Waals surface area (Å²) in [5, 5.41) is 2.93. The summed E-state index contributed by atoms with van der Waals surface area (Å²) < 4.78 is 42.0. The zero-order valence-corrected chi connectivity index (χ0v) is 23.3. The number of aryl methyl sites for hydroxylation is 1. The fraction of sp³-hybridized carbons (Fsp3) is 0.286. The Morgan fingerprint density at radius 1 is 0.947 bits per heavy atom. The number of nitrogens with one attached hydrogen (secondary N) is 1. The number of halogens is 2. The van der Waals surface area contributed by atoms with Crippen LogP contribution in [-0.4, -0.2) is 43.8 Å². The van der Waals surface area contributed by atoms with Crippen molar-refractivity contribution in [1.82, 2.24) is 10.2 Å². The van der Waals surface area contributed by atoms with Crippen LogP contribution in [0.3, 0.4) is 0 Å². The van der Waals surface area contributed by atoms with E-state index in [-0.39, 0.29) is 28.2 Å². The topological polar surface area (TPSA) is 86.8 Å². The van der Waals surface area contributed by atoms with E-state index in [2.05, 4.69) is 5.32 Å². The van der Waals surface area contributed by atoms with Gasteiger partial charge in [-0.25, -0.2) is 12.8 Å². The lowest BCUT2D eigenvalue weighted by Crippen LogP contribution is -2.52. The third-order valence-electron chi connectivity index (χ3n) is 5.87. The molecule has 3 aromatic rings. The van der Waals surface area contributed by atoms with Crippen LogP contribution in [0, 0.1) is 12.7 Å². The Morgan fingerprint density at radius 2 is 1.55 bits per heavy atom. The molecule has 0 saturated heterocycles. The third kappa shape index (κ3) is 7.11. The maximum absolute atomic E-state index is 13.8. The number of hydrogen-bond donors (Lipinski definition) is 1. The first-order valence-electron chi connectivity index (χ1n) is 12.1. The van der Waals surface area contributed by atoms with Gasteiger partial charge in [-0.3, -0.25) is 13.9 Å². The molecule has 0 aliphatic carbocycles. The van der Waals surface area contributed by atoms with E-state index in [1.165, 1.54) is 53.4 Å². The Morgan fingerprint density at radius 3 is 2.13 bits per heavy atom. The summed E-state index contributed by atoms with van der Waals surface area (Å²) in [6, 6.07) is 17.0. The van der Waals surface area contributed by atoms with Crippen LogP contribution in [-0.2, 0) is 26.2 Å². The van der Waals surface area contributed by atoms with Gasteiger partial charge >= 0.3 is 0 Å². The third-order valence-corrected chi connectivity index (χ3v) is 7.97. The van der Waals surface area contributed by atoms with Crippen LogP contribution < -0.4 is 9.62 Å². The Hall–Kier alpha value is -3.43. The number of benzene rings is 3. The SMILES string of the molecule is Cc1ccc(S(=O)(=O)N(CC(=O)N(Cc2ccc(F)cc2)[C@@H](C)C(=O)NC(C)C)c2ccccc2Cl)cc1. The van der Waals surface area contributed by atoms with E-state index in [1.807, 2.05) is 6.92 Å². The highest BCUT2D eigenvalue weighted by Gasteiger charge is 2.33. The van der Waals surface area contributed by atoms with Crippen LogP contribution in [0.15, 0.2) is 77.7 Å². The highest BCUT2D eigenvalue weighted by Crippen LogP contribution is 2.31. The first-order chi connectivity index (χ1) is 17.9. The van der Waals surface area contributed by atoms with Gasteiger partial charge in [0.25, 0.3) is 10.0 Å². The Bertz CT molecular complexity index is 1380. The molecule has 202 valence electrons. The molecule has 2 amide bonds. The Labute approximate surface area is 228 Å². The molecule has 0 bridgehead atoms. The van der Waals surface area contributed by atoms with Gasteiger partial charge < -0.3 is 10.2 Å². The minimum absolute atomic E-state index is 0.00787. The van der Waals surface area contributed by atoms with Gasteiger partial charge in [-0.1, -0.05) is 53.6 Å². The maximum atomic E-state index is 13.8. The molecule has 38 heavy (non-hydrogen) atoms. The zero-order chi connectivity index (χ0) is 28.0. The van der Waals surface area contributed by atoms with Gasteiger partial charge in [0.1, 0.15) is 18.4 Å². The van der Waals surface area contributed by atoms with Gasteiger partial charge in [-0.15, -0.1) is 0 Å². The van der Waals surface area contributed by atoms with E-state index in [0.717, 1.165) is 9.87 Å². The lowest BCUT2D eigenvalue weighted by Gasteiger charge is -2.32. The molecule has 0 heterocycles. The molecule has 1 N–H and O–H groups in total. The second kappa shape index (κ2) is 12.4. The molecule has 7 nitrogen and oxygen atoms in total. The molecule has 0 saturated carbocycles. The number of amides is 2. The van der Waals surface area contributed by atoms with Crippen molar-refractivity contribution in [2.45, 2.75) is 51.2 Å². The van der Waals surface area contributed by atoms with Crippen molar-refractivity contribution in [2.24, 2.45) is 0 Å². The highest BCUT2D eigenvalue weighted by molar-refractivity contribution is 7.92. The van der Waals surface area contributed by atoms with Gasteiger partial charge in [0.2, 0.25) is 11.8 Å². The summed E-state index contributed by atoms with van der Waals surface area (Å²) in [5.74, 6) is -1.47. The minimum atomic E-state index is -4.21. The van der Waals surface area contributed by atoms with E-state index >= 15 is 0 Å². The van der Waals surface area contributed by atoms with Gasteiger partial charge in [-0.05, 0) is 69.7 Å². The fourth-order valence-electron chi connectivity index (χ4n) is 3.78. The second-order valence-electron chi connectivity index (χ2n) is 9.26. The van der Waals surface area contributed by atoms with E-state index in [4.69, 9.17) is 11.6 Å². The highest BCUT2D eigenvalue weighted by atomic mass is 35.5. The van der Waals surface area contributed by atoms with E-state index in [1.54, 1.807) is 45.0 Å². The number of sulfonamides is 1. The second-order valence-corrected chi connectivity index (χ2v) is 11.5. The van der Waals surface area contributed by atoms with Crippen molar-refractivity contribution in [1.29, 1.82) is 0 Å². The number of anilines is 1. The molecule has 0 unspecified atom stereocenters. The molecule has 0 spiro atoms. The number of para-hydroxylation sites is 1. The van der Waals surface area contributed by atoms with Crippen LogP contribution in [0.1, 0.15) is 31.9 Å². The Kier molecular flexibility index (Phi) is 9.51. The average Bonchev–Trinajstić information content (AvgIpc) is 2.86. The van der Waals surface area contributed by atoms with E-state index in [0.29, 0.717) is 5.56 Å². The first kappa shape index (κ1) is 29.1. The van der Waals surface area contributed by atoms with Crippen LogP contribution >= 0.6 is 11.6 Å². The first-order valence-corrected chi connectivity index (χ1v) is 13.9. The summed E-state index contributed by atoms with van der Waals surface area (Å²) in [6.45, 7) is 6.34. The quantitative estimate of drug-likeness (QED) is 0.382. The summed E-state index contributed by atoms with van der Waals surface area (Å²) >= 11 is 6.38. The molecule has 3 rings (SSSR count). The lowest BCUT2D eigenvalue weighted by molar-refractivity contribution is -0.139. The van der Waals surface area contributed by atoms with Crippen molar-refractivity contribution in [2.75, 3.05) is 10.8 Å². The van der Waals surface area contributed by atoms with E-state index < -0.39 is 40.2 Å². The van der Waals surface area contributed by atoms with Gasteiger partial charge in [0.15, 0.2) is 0 Å². The molecule has 1 atom stereocenters. The monoisotopic (exact) mass is 559 g/mol. The summed E-state index contributed by atoms with van der Waals surface area (Å²) in [5.41, 5.74) is 1.58. The normalized spacial score (nSPS) is 12.2.